The zero-order chi connectivity index (χ0) is 16.5. The molecular formula is C20H23N3S. The third kappa shape index (κ3) is 2.84. The van der Waals surface area contributed by atoms with Crippen LogP contribution >= 0.6 is 11.8 Å². The molecule has 4 heteroatoms. The van der Waals surface area contributed by atoms with E-state index in [1.54, 1.807) is 0 Å². The maximum Gasteiger partial charge on any atom is 0.142 e. The first-order valence-electron chi connectivity index (χ1n) is 8.82. The standard InChI is InChI=1S/C20H23N3S/c1-3-5-14-8-9-18-17(12-14)22-20(23(18)2)16-10-11-21-13-19(16)24-15-6-4-7-15/h8-13,15H,3-7H2,1-2H3. The third-order valence-electron chi connectivity index (χ3n) is 4.86. The Kier molecular flexibility index (Phi) is 4.31. The highest BCUT2D eigenvalue weighted by atomic mass is 32.2. The summed E-state index contributed by atoms with van der Waals surface area (Å²) in [6.45, 7) is 2.22. The van der Waals surface area contributed by atoms with Gasteiger partial charge < -0.3 is 4.57 Å². The molecule has 0 unspecified atom stereocenters. The molecular weight excluding hydrogens is 314 g/mol. The van der Waals surface area contributed by atoms with Crippen LogP contribution in [0.4, 0.5) is 0 Å². The molecule has 0 N–H and O–H groups in total. The number of nitrogens with zero attached hydrogens (tertiary/aromatic N) is 3. The molecule has 1 aliphatic rings. The van der Waals surface area contributed by atoms with E-state index >= 15 is 0 Å². The molecule has 4 rings (SSSR count). The van der Waals surface area contributed by atoms with E-state index in [0.717, 1.165) is 29.4 Å². The molecule has 0 saturated heterocycles. The fourth-order valence-corrected chi connectivity index (χ4v) is 4.59. The predicted octanol–water partition coefficient (Wildman–Crippen LogP) is 5.23. The van der Waals surface area contributed by atoms with Gasteiger partial charge in [-0.05, 0) is 43.0 Å². The lowest BCUT2D eigenvalue weighted by molar-refractivity contribution is 0.522. The molecule has 1 aromatic carbocycles. The van der Waals surface area contributed by atoms with Crippen molar-refractivity contribution in [3.05, 3.63) is 42.2 Å². The van der Waals surface area contributed by atoms with Gasteiger partial charge in [-0.15, -0.1) is 11.8 Å². The summed E-state index contributed by atoms with van der Waals surface area (Å²) >= 11 is 1.97. The molecule has 2 aromatic heterocycles. The van der Waals surface area contributed by atoms with Crippen LogP contribution in [0.15, 0.2) is 41.6 Å². The number of pyridine rings is 1. The van der Waals surface area contributed by atoms with Crippen LogP contribution in [0.5, 0.6) is 0 Å². The molecule has 0 amide bonds. The highest BCUT2D eigenvalue weighted by Gasteiger charge is 2.21. The van der Waals surface area contributed by atoms with Crippen molar-refractivity contribution in [2.45, 2.75) is 49.2 Å². The lowest BCUT2D eigenvalue weighted by Crippen LogP contribution is -2.13. The van der Waals surface area contributed by atoms with E-state index < -0.39 is 0 Å². The topological polar surface area (TPSA) is 30.7 Å². The largest absolute Gasteiger partial charge is 0.327 e. The quantitative estimate of drug-likeness (QED) is 0.638. The van der Waals surface area contributed by atoms with Gasteiger partial charge in [-0.25, -0.2) is 4.98 Å². The van der Waals surface area contributed by atoms with Crippen LogP contribution in [0.2, 0.25) is 0 Å². The molecule has 1 fully saturated rings. The van der Waals surface area contributed by atoms with Gasteiger partial charge in [0.15, 0.2) is 0 Å². The van der Waals surface area contributed by atoms with Crippen molar-refractivity contribution in [1.82, 2.24) is 14.5 Å². The minimum atomic E-state index is 0.749. The van der Waals surface area contributed by atoms with Gasteiger partial charge >= 0.3 is 0 Å². The number of aryl methyl sites for hydroxylation is 2. The fourth-order valence-electron chi connectivity index (χ4n) is 3.26. The van der Waals surface area contributed by atoms with E-state index in [-0.39, 0.29) is 0 Å². The summed E-state index contributed by atoms with van der Waals surface area (Å²) in [5, 5.41) is 0.749. The first-order valence-corrected chi connectivity index (χ1v) is 9.70. The molecule has 3 nitrogen and oxygen atoms in total. The van der Waals surface area contributed by atoms with E-state index in [4.69, 9.17) is 4.98 Å². The van der Waals surface area contributed by atoms with Gasteiger partial charge in [-0.2, -0.15) is 0 Å². The average molecular weight is 337 g/mol. The summed E-state index contributed by atoms with van der Waals surface area (Å²) in [7, 11) is 2.11. The summed E-state index contributed by atoms with van der Waals surface area (Å²) < 4.78 is 2.21. The number of rotatable bonds is 5. The Bertz CT molecular complexity index is 864. The van der Waals surface area contributed by atoms with Gasteiger partial charge in [-0.3, -0.25) is 4.98 Å². The minimum Gasteiger partial charge on any atom is -0.327 e. The maximum absolute atomic E-state index is 4.96. The summed E-state index contributed by atoms with van der Waals surface area (Å²) in [4.78, 5) is 10.6. The second kappa shape index (κ2) is 6.60. The number of aromatic nitrogens is 3. The Labute approximate surface area is 147 Å². The summed E-state index contributed by atoms with van der Waals surface area (Å²) in [6.07, 6.45) is 10.2. The SMILES string of the molecule is CCCc1ccc2c(c1)nc(-c1ccncc1SC1CCC1)n2C. The monoisotopic (exact) mass is 337 g/mol. The molecule has 1 aliphatic carbocycles. The Hall–Kier alpha value is -1.81. The number of hydrogen-bond donors (Lipinski definition) is 0. The van der Waals surface area contributed by atoms with E-state index in [1.807, 2.05) is 24.2 Å². The van der Waals surface area contributed by atoms with Crippen molar-refractivity contribution < 1.29 is 0 Å². The Morgan fingerprint density at radius 2 is 2.12 bits per heavy atom. The van der Waals surface area contributed by atoms with Crippen molar-refractivity contribution in [3.8, 4) is 11.4 Å². The van der Waals surface area contributed by atoms with Crippen LogP contribution in [0.3, 0.4) is 0 Å². The molecule has 0 bridgehead atoms. The fraction of sp³-hybridized carbons (Fsp3) is 0.400. The number of fused-ring (bicyclic) bond motifs is 1. The first-order chi connectivity index (χ1) is 11.8. The molecule has 0 radical (unpaired) electrons. The smallest absolute Gasteiger partial charge is 0.142 e. The van der Waals surface area contributed by atoms with Crippen molar-refractivity contribution in [2.75, 3.05) is 0 Å². The van der Waals surface area contributed by atoms with E-state index in [9.17, 15) is 0 Å². The maximum atomic E-state index is 4.96. The average Bonchev–Trinajstić information content (AvgIpc) is 2.88. The lowest BCUT2D eigenvalue weighted by atomic mass is 10.00. The number of benzene rings is 1. The normalized spacial score (nSPS) is 14.9. The molecule has 0 atom stereocenters. The van der Waals surface area contributed by atoms with Gasteiger partial charge in [0.05, 0.1) is 11.0 Å². The summed E-state index contributed by atoms with van der Waals surface area (Å²) in [5.41, 5.74) is 4.86. The van der Waals surface area contributed by atoms with E-state index in [1.165, 1.54) is 40.8 Å². The summed E-state index contributed by atoms with van der Waals surface area (Å²) in [6, 6.07) is 8.78. The van der Waals surface area contributed by atoms with Crippen molar-refractivity contribution in [1.29, 1.82) is 0 Å². The van der Waals surface area contributed by atoms with Gasteiger partial charge in [0.25, 0.3) is 0 Å². The molecule has 0 aliphatic heterocycles. The van der Waals surface area contributed by atoms with Crippen molar-refractivity contribution in [3.63, 3.8) is 0 Å². The molecule has 3 aromatic rings. The van der Waals surface area contributed by atoms with Gasteiger partial charge in [-0.1, -0.05) is 25.8 Å². The second-order valence-electron chi connectivity index (χ2n) is 6.61. The number of imidazole rings is 1. The molecule has 2 heterocycles. The Balaban J connectivity index is 1.77. The lowest BCUT2D eigenvalue weighted by Gasteiger charge is -2.25. The summed E-state index contributed by atoms with van der Waals surface area (Å²) in [5.74, 6) is 1.04. The first kappa shape index (κ1) is 15.7. The van der Waals surface area contributed by atoms with Crippen LogP contribution in [0.25, 0.3) is 22.4 Å². The van der Waals surface area contributed by atoms with E-state index in [0.29, 0.717) is 0 Å². The highest BCUT2D eigenvalue weighted by molar-refractivity contribution is 8.00. The highest BCUT2D eigenvalue weighted by Crippen LogP contribution is 2.40. The number of thioether (sulfide) groups is 1. The van der Waals surface area contributed by atoms with Crippen LogP contribution in [-0.4, -0.2) is 19.8 Å². The van der Waals surface area contributed by atoms with Crippen LogP contribution in [0, 0.1) is 0 Å². The molecule has 0 spiro atoms. The second-order valence-corrected chi connectivity index (χ2v) is 7.95. The van der Waals surface area contributed by atoms with Crippen LogP contribution in [0.1, 0.15) is 38.2 Å². The van der Waals surface area contributed by atoms with Crippen molar-refractivity contribution in [2.24, 2.45) is 7.05 Å². The molecule has 24 heavy (non-hydrogen) atoms. The van der Waals surface area contributed by atoms with Crippen molar-refractivity contribution >= 4 is 22.8 Å². The minimum absolute atomic E-state index is 0.749. The van der Waals surface area contributed by atoms with Crippen LogP contribution in [-0.2, 0) is 13.5 Å². The third-order valence-corrected chi connectivity index (χ3v) is 6.24. The Morgan fingerprint density at radius 1 is 1.25 bits per heavy atom. The van der Waals surface area contributed by atoms with Gasteiger partial charge in [0, 0.05) is 35.2 Å². The zero-order valence-electron chi connectivity index (χ0n) is 14.3. The predicted molar refractivity (Wildman–Crippen MR) is 101 cm³/mol. The van der Waals surface area contributed by atoms with Gasteiger partial charge in [0.1, 0.15) is 5.82 Å². The van der Waals surface area contributed by atoms with E-state index in [2.05, 4.69) is 47.8 Å². The van der Waals surface area contributed by atoms with Gasteiger partial charge in [0.2, 0.25) is 0 Å². The molecule has 124 valence electrons. The molecule has 1 saturated carbocycles. The van der Waals surface area contributed by atoms with Crippen LogP contribution < -0.4 is 0 Å². The zero-order valence-corrected chi connectivity index (χ0v) is 15.1. The Morgan fingerprint density at radius 3 is 2.88 bits per heavy atom. The number of hydrogen-bond acceptors (Lipinski definition) is 3.